The molecule has 60 valence electrons. The zero-order valence-electron chi connectivity index (χ0n) is 5.97. The zero-order valence-corrected chi connectivity index (χ0v) is 5.97. The summed E-state index contributed by atoms with van der Waals surface area (Å²) in [4.78, 5) is 3.98. The van der Waals surface area contributed by atoms with Crippen LogP contribution in [0.2, 0.25) is 0 Å². The summed E-state index contributed by atoms with van der Waals surface area (Å²) in [5.74, 6) is 0. The Kier molecular flexibility index (Phi) is 5.24. The first kappa shape index (κ1) is 10.0. The van der Waals surface area contributed by atoms with Crippen LogP contribution in [0, 0.1) is 6.92 Å². The van der Waals surface area contributed by atoms with Gasteiger partial charge in [0.1, 0.15) is 0 Å². The van der Waals surface area contributed by atoms with E-state index in [1.165, 1.54) is 0 Å². The molecule has 0 aliphatic heterocycles. The molecule has 0 spiro atoms. The number of pyridine rings is 1. The fraction of sp³-hybridized carbons (Fsp3) is 0.167. The van der Waals surface area contributed by atoms with Crippen molar-refractivity contribution in [3.05, 3.63) is 30.1 Å². The summed E-state index contributed by atoms with van der Waals surface area (Å²) in [5.41, 5.74) is 1.07. The Labute approximate surface area is 63.5 Å². The summed E-state index contributed by atoms with van der Waals surface area (Å²) in [6.45, 7) is 1.97. The molecule has 0 saturated heterocycles. The van der Waals surface area contributed by atoms with Crippen molar-refractivity contribution >= 4 is 7.54 Å². The molecule has 1 heterocycles. The third kappa shape index (κ3) is 9.00. The van der Waals surface area contributed by atoms with Crippen molar-refractivity contribution in [2.45, 2.75) is 6.92 Å². The van der Waals surface area contributed by atoms with E-state index < -0.39 is 7.54 Å². The van der Waals surface area contributed by atoms with Gasteiger partial charge in [-0.05, 0) is 19.1 Å². The first-order valence-corrected chi connectivity index (χ1v) is 2.93. The lowest BCUT2D eigenvalue weighted by Gasteiger charge is -1.82. The molecule has 0 fully saturated rings. The first-order valence-electron chi connectivity index (χ1n) is 2.93. The van der Waals surface area contributed by atoms with Gasteiger partial charge in [-0.1, -0.05) is 6.07 Å². The molecule has 1 nitrogen and oxygen atoms in total. The lowest BCUT2D eigenvalue weighted by atomic mass is 10.4. The highest BCUT2D eigenvalue weighted by molar-refractivity contribution is 6.33. The maximum absolute atomic E-state index is 9.67. The van der Waals surface area contributed by atoms with Crippen LogP contribution in [-0.4, -0.2) is 12.5 Å². The van der Waals surface area contributed by atoms with Crippen molar-refractivity contribution in [2.24, 2.45) is 0 Å². The molecule has 1 aromatic rings. The molecule has 0 N–H and O–H groups in total. The number of aromatic nitrogens is 1. The fourth-order valence-corrected chi connectivity index (χ4v) is 0.448. The second-order valence-electron chi connectivity index (χ2n) is 1.72. The SMILES string of the molecule is Cc1ccccn1.FB(F)F. The van der Waals surface area contributed by atoms with Crippen LogP contribution in [0.4, 0.5) is 12.9 Å². The summed E-state index contributed by atoms with van der Waals surface area (Å²) in [6, 6.07) is 5.86. The van der Waals surface area contributed by atoms with Gasteiger partial charge >= 0.3 is 7.54 Å². The molecule has 0 bridgehead atoms. The Balaban J connectivity index is 0.000000218. The monoisotopic (exact) mass is 161 g/mol. The van der Waals surface area contributed by atoms with Crippen molar-refractivity contribution < 1.29 is 12.9 Å². The van der Waals surface area contributed by atoms with Gasteiger partial charge in [0, 0.05) is 11.9 Å². The fourth-order valence-electron chi connectivity index (χ4n) is 0.448. The van der Waals surface area contributed by atoms with E-state index in [2.05, 4.69) is 4.98 Å². The van der Waals surface area contributed by atoms with E-state index in [9.17, 15) is 12.9 Å². The zero-order chi connectivity index (χ0) is 8.69. The van der Waals surface area contributed by atoms with E-state index >= 15 is 0 Å². The van der Waals surface area contributed by atoms with Gasteiger partial charge in [-0.15, -0.1) is 0 Å². The van der Waals surface area contributed by atoms with Crippen molar-refractivity contribution in [3.8, 4) is 0 Å². The molecule has 1 aromatic heterocycles. The summed E-state index contributed by atoms with van der Waals surface area (Å²) >= 11 is 0. The number of nitrogens with zero attached hydrogens (tertiary/aromatic N) is 1. The highest BCUT2D eigenvalue weighted by Crippen LogP contribution is 1.86. The van der Waals surface area contributed by atoms with Crippen molar-refractivity contribution in [3.63, 3.8) is 0 Å². The van der Waals surface area contributed by atoms with Crippen LogP contribution >= 0.6 is 0 Å². The van der Waals surface area contributed by atoms with Gasteiger partial charge in [-0.2, -0.15) is 0 Å². The smallest absolute Gasteiger partial charge is 0.262 e. The highest BCUT2D eigenvalue weighted by atomic mass is 19.4. The molecule has 0 radical (unpaired) electrons. The van der Waals surface area contributed by atoms with Gasteiger partial charge in [-0.25, -0.2) is 0 Å². The molecular weight excluding hydrogens is 154 g/mol. The summed E-state index contributed by atoms with van der Waals surface area (Å²) in [6.07, 6.45) is 1.79. The van der Waals surface area contributed by atoms with Gasteiger partial charge in [0.05, 0.1) is 0 Å². The minimum Gasteiger partial charge on any atom is -0.262 e. The number of hydrogen-bond acceptors (Lipinski definition) is 1. The van der Waals surface area contributed by atoms with E-state index in [4.69, 9.17) is 0 Å². The van der Waals surface area contributed by atoms with Gasteiger partial charge in [0.15, 0.2) is 0 Å². The van der Waals surface area contributed by atoms with E-state index in [0.717, 1.165) is 5.69 Å². The molecule has 5 heteroatoms. The standard InChI is InChI=1S/C6H7N.BF3/c1-6-4-2-3-5-7-6;2-1(3)4/h2-5H,1H3;. The Morgan fingerprint density at radius 3 is 2.00 bits per heavy atom. The van der Waals surface area contributed by atoms with E-state index in [1.807, 2.05) is 25.1 Å². The molecule has 0 aliphatic rings. The number of aryl methyl sites for hydroxylation is 1. The van der Waals surface area contributed by atoms with E-state index in [1.54, 1.807) is 6.20 Å². The van der Waals surface area contributed by atoms with Crippen LogP contribution in [0.5, 0.6) is 0 Å². The lowest BCUT2D eigenvalue weighted by Crippen LogP contribution is -1.76. The normalized spacial score (nSPS) is 8.00. The second-order valence-corrected chi connectivity index (χ2v) is 1.72. The predicted octanol–water partition coefficient (Wildman–Crippen LogP) is 2.27. The third-order valence-electron chi connectivity index (χ3n) is 0.813. The van der Waals surface area contributed by atoms with Crippen LogP contribution < -0.4 is 0 Å². The van der Waals surface area contributed by atoms with Crippen LogP contribution in [0.3, 0.4) is 0 Å². The topological polar surface area (TPSA) is 12.9 Å². The molecule has 0 unspecified atom stereocenters. The molecular formula is C6H7BF3N. The third-order valence-corrected chi connectivity index (χ3v) is 0.813. The Hall–Kier alpha value is -0.995. The summed E-state index contributed by atoms with van der Waals surface area (Å²) in [5, 5.41) is 0. The molecule has 0 aromatic carbocycles. The van der Waals surface area contributed by atoms with Crippen LogP contribution in [0.15, 0.2) is 24.4 Å². The Morgan fingerprint density at radius 1 is 1.27 bits per heavy atom. The van der Waals surface area contributed by atoms with Gasteiger partial charge in [0.2, 0.25) is 0 Å². The second kappa shape index (κ2) is 5.76. The van der Waals surface area contributed by atoms with Crippen molar-refractivity contribution in [1.29, 1.82) is 0 Å². The molecule has 0 saturated carbocycles. The minimum absolute atomic E-state index is 1.07. The quantitative estimate of drug-likeness (QED) is 0.531. The van der Waals surface area contributed by atoms with E-state index in [0.29, 0.717) is 0 Å². The molecule has 0 atom stereocenters. The number of rotatable bonds is 0. The van der Waals surface area contributed by atoms with E-state index in [-0.39, 0.29) is 0 Å². The van der Waals surface area contributed by atoms with Crippen molar-refractivity contribution in [1.82, 2.24) is 4.98 Å². The van der Waals surface area contributed by atoms with Crippen LogP contribution in [-0.2, 0) is 0 Å². The van der Waals surface area contributed by atoms with Crippen LogP contribution in [0.25, 0.3) is 0 Å². The predicted molar refractivity (Wildman–Crippen MR) is 38.1 cm³/mol. The van der Waals surface area contributed by atoms with Crippen molar-refractivity contribution in [2.75, 3.05) is 0 Å². The molecule has 1 rings (SSSR count). The minimum atomic E-state index is -3.67. The van der Waals surface area contributed by atoms with Gasteiger partial charge < -0.3 is 0 Å². The summed E-state index contributed by atoms with van der Waals surface area (Å²) in [7, 11) is -3.67. The Morgan fingerprint density at radius 2 is 1.82 bits per heavy atom. The summed E-state index contributed by atoms with van der Waals surface area (Å²) < 4.78 is 29.0. The molecule has 11 heavy (non-hydrogen) atoms. The first-order chi connectivity index (χ1) is 5.13. The lowest BCUT2D eigenvalue weighted by molar-refractivity contribution is 0.535. The average molecular weight is 161 g/mol. The maximum Gasteiger partial charge on any atom is 0.762 e. The van der Waals surface area contributed by atoms with Gasteiger partial charge in [0.25, 0.3) is 0 Å². The maximum atomic E-state index is 9.67. The van der Waals surface area contributed by atoms with Gasteiger partial charge in [-0.3, -0.25) is 17.9 Å². The largest absolute Gasteiger partial charge is 0.762 e. The molecule has 0 aliphatic carbocycles. The molecule has 0 amide bonds. The Bertz CT molecular complexity index is 178. The number of halogens is 3. The van der Waals surface area contributed by atoms with Crippen LogP contribution in [0.1, 0.15) is 5.69 Å². The average Bonchev–Trinajstić information content (AvgIpc) is 1.87. The highest BCUT2D eigenvalue weighted by Gasteiger charge is 2.06. The number of hydrogen-bond donors (Lipinski definition) is 0.